The summed E-state index contributed by atoms with van der Waals surface area (Å²) in [5.74, 6) is 2.60. The number of likely N-dealkylation sites (tertiary alicyclic amines) is 1. The quantitative estimate of drug-likeness (QED) is 0.568. The second-order valence-electron chi connectivity index (χ2n) is 7.17. The van der Waals surface area contributed by atoms with Crippen molar-refractivity contribution < 1.29 is 13.9 Å². The van der Waals surface area contributed by atoms with Gasteiger partial charge in [-0.2, -0.15) is 0 Å². The Morgan fingerprint density at radius 2 is 2.35 bits per heavy atom. The number of nitrogens with zero attached hydrogens (tertiary/aromatic N) is 2. The summed E-state index contributed by atoms with van der Waals surface area (Å²) in [4.78, 5) is 7.27. The fraction of sp³-hybridized carbons (Fsp3) is 0.750. The van der Waals surface area contributed by atoms with E-state index in [9.17, 15) is 0 Å². The first-order valence-corrected chi connectivity index (χ1v) is 10.1. The van der Waals surface area contributed by atoms with Gasteiger partial charge in [0.25, 0.3) is 0 Å². The zero-order chi connectivity index (χ0) is 18.0. The third-order valence-electron chi connectivity index (χ3n) is 5.10. The van der Waals surface area contributed by atoms with Gasteiger partial charge in [0.2, 0.25) is 0 Å². The van der Waals surface area contributed by atoms with Gasteiger partial charge in [0.1, 0.15) is 5.76 Å². The molecule has 26 heavy (non-hydrogen) atoms. The summed E-state index contributed by atoms with van der Waals surface area (Å²) in [5.41, 5.74) is 0. The van der Waals surface area contributed by atoms with Gasteiger partial charge in [-0.25, -0.2) is 0 Å². The van der Waals surface area contributed by atoms with Gasteiger partial charge in [-0.3, -0.25) is 4.99 Å². The van der Waals surface area contributed by atoms with Crippen LogP contribution in [0.4, 0.5) is 0 Å². The highest BCUT2D eigenvalue weighted by molar-refractivity contribution is 5.80. The maximum atomic E-state index is 5.84. The molecule has 2 saturated heterocycles. The molecule has 6 nitrogen and oxygen atoms in total. The Morgan fingerprint density at radius 1 is 1.38 bits per heavy atom. The molecule has 1 aromatic rings. The number of rotatable bonds is 8. The first kappa shape index (κ1) is 19.2. The van der Waals surface area contributed by atoms with Crippen molar-refractivity contribution in [3.8, 4) is 0 Å². The molecule has 2 aliphatic heterocycles. The molecule has 0 radical (unpaired) electrons. The topological polar surface area (TPSA) is 59.2 Å². The molecule has 2 atom stereocenters. The van der Waals surface area contributed by atoms with Crippen LogP contribution in [0.1, 0.15) is 38.4 Å². The van der Waals surface area contributed by atoms with E-state index in [1.807, 2.05) is 12.1 Å². The molecule has 0 saturated carbocycles. The van der Waals surface area contributed by atoms with E-state index in [0.29, 0.717) is 5.92 Å². The van der Waals surface area contributed by atoms with Crippen molar-refractivity contribution in [1.29, 1.82) is 0 Å². The van der Waals surface area contributed by atoms with Gasteiger partial charge in [0, 0.05) is 45.2 Å². The van der Waals surface area contributed by atoms with E-state index in [2.05, 4.69) is 17.1 Å². The zero-order valence-electron chi connectivity index (χ0n) is 16.0. The van der Waals surface area contributed by atoms with Crippen molar-refractivity contribution in [2.75, 3.05) is 46.0 Å². The maximum absolute atomic E-state index is 5.84. The molecular formula is C20H33N3O3. The third kappa shape index (κ3) is 6.02. The molecule has 2 aliphatic rings. The summed E-state index contributed by atoms with van der Waals surface area (Å²) < 4.78 is 16.9. The van der Waals surface area contributed by atoms with Crippen LogP contribution in [0.15, 0.2) is 27.8 Å². The fourth-order valence-electron chi connectivity index (χ4n) is 3.61. The number of ether oxygens (including phenoxy) is 2. The summed E-state index contributed by atoms with van der Waals surface area (Å²) in [7, 11) is 0. The highest BCUT2D eigenvalue weighted by Crippen LogP contribution is 2.18. The van der Waals surface area contributed by atoms with Gasteiger partial charge >= 0.3 is 0 Å². The predicted molar refractivity (Wildman–Crippen MR) is 102 cm³/mol. The van der Waals surface area contributed by atoms with Crippen molar-refractivity contribution in [2.24, 2.45) is 10.9 Å². The lowest BCUT2D eigenvalue weighted by Gasteiger charge is -2.25. The minimum Gasteiger partial charge on any atom is -0.469 e. The Hall–Kier alpha value is -1.53. The molecule has 0 aromatic carbocycles. The maximum Gasteiger partial charge on any atom is 0.194 e. The van der Waals surface area contributed by atoms with E-state index >= 15 is 0 Å². The second-order valence-corrected chi connectivity index (χ2v) is 7.17. The van der Waals surface area contributed by atoms with E-state index < -0.39 is 0 Å². The molecule has 146 valence electrons. The van der Waals surface area contributed by atoms with Gasteiger partial charge in [-0.15, -0.1) is 0 Å². The van der Waals surface area contributed by atoms with Crippen LogP contribution < -0.4 is 5.32 Å². The number of hydrogen-bond acceptors (Lipinski definition) is 4. The highest BCUT2D eigenvalue weighted by atomic mass is 16.5. The molecule has 6 heteroatoms. The van der Waals surface area contributed by atoms with Crippen LogP contribution in [0.25, 0.3) is 0 Å². The van der Waals surface area contributed by atoms with Crippen molar-refractivity contribution in [1.82, 2.24) is 10.2 Å². The largest absolute Gasteiger partial charge is 0.469 e. The second kappa shape index (κ2) is 10.6. The lowest BCUT2D eigenvalue weighted by atomic mass is 10.1. The molecule has 3 heterocycles. The van der Waals surface area contributed by atoms with E-state index in [1.54, 1.807) is 6.26 Å². The predicted octanol–water partition coefficient (Wildman–Crippen LogP) is 2.70. The summed E-state index contributed by atoms with van der Waals surface area (Å²) in [6.07, 6.45) is 7.58. The number of hydrogen-bond donors (Lipinski definition) is 1. The van der Waals surface area contributed by atoms with Crippen molar-refractivity contribution in [3.05, 3.63) is 24.2 Å². The van der Waals surface area contributed by atoms with E-state index in [1.165, 1.54) is 19.3 Å². The van der Waals surface area contributed by atoms with Crippen molar-refractivity contribution in [2.45, 2.75) is 45.1 Å². The smallest absolute Gasteiger partial charge is 0.194 e. The number of nitrogens with one attached hydrogen (secondary N) is 1. The molecule has 0 amide bonds. The minimum absolute atomic E-state index is 0.271. The fourth-order valence-corrected chi connectivity index (χ4v) is 3.61. The van der Waals surface area contributed by atoms with Gasteiger partial charge in [-0.1, -0.05) is 0 Å². The van der Waals surface area contributed by atoms with E-state index in [-0.39, 0.29) is 6.10 Å². The molecule has 2 fully saturated rings. The zero-order valence-corrected chi connectivity index (χ0v) is 16.0. The van der Waals surface area contributed by atoms with Crippen LogP contribution in [-0.2, 0) is 15.9 Å². The first-order valence-electron chi connectivity index (χ1n) is 10.1. The van der Waals surface area contributed by atoms with Crippen LogP contribution in [-0.4, -0.2) is 63.0 Å². The molecule has 0 aliphatic carbocycles. The van der Waals surface area contributed by atoms with Gasteiger partial charge in [0.05, 0.1) is 25.5 Å². The summed E-state index contributed by atoms with van der Waals surface area (Å²) in [5, 5.41) is 3.54. The molecule has 2 unspecified atom stereocenters. The van der Waals surface area contributed by atoms with Gasteiger partial charge in [-0.05, 0) is 44.7 Å². The monoisotopic (exact) mass is 363 g/mol. The van der Waals surface area contributed by atoms with Crippen LogP contribution in [0.3, 0.4) is 0 Å². The summed E-state index contributed by atoms with van der Waals surface area (Å²) in [6.45, 7) is 8.19. The number of aliphatic imine (C=N–C) groups is 1. The lowest BCUT2D eigenvalue weighted by Crippen LogP contribution is -2.42. The van der Waals surface area contributed by atoms with Crippen molar-refractivity contribution in [3.63, 3.8) is 0 Å². The minimum atomic E-state index is 0.271. The summed E-state index contributed by atoms with van der Waals surface area (Å²) >= 11 is 0. The Morgan fingerprint density at radius 3 is 3.12 bits per heavy atom. The van der Waals surface area contributed by atoms with E-state index in [4.69, 9.17) is 18.9 Å². The van der Waals surface area contributed by atoms with Gasteiger partial charge < -0.3 is 24.1 Å². The molecule has 0 spiro atoms. The Labute approximate surface area is 156 Å². The van der Waals surface area contributed by atoms with Gasteiger partial charge in [0.15, 0.2) is 5.96 Å². The SMILES string of the molecule is CCOCC1CCN(C(=NCC2CCCCO2)NCCc2ccco2)C1. The van der Waals surface area contributed by atoms with Crippen molar-refractivity contribution >= 4 is 5.96 Å². The van der Waals surface area contributed by atoms with Crippen LogP contribution in [0.5, 0.6) is 0 Å². The first-order chi connectivity index (χ1) is 12.8. The number of furan rings is 1. The average Bonchev–Trinajstić information content (AvgIpc) is 3.35. The van der Waals surface area contributed by atoms with Crippen LogP contribution in [0.2, 0.25) is 0 Å². The molecule has 1 N–H and O–H groups in total. The Kier molecular flexibility index (Phi) is 7.83. The average molecular weight is 364 g/mol. The Bertz CT molecular complexity index is 526. The van der Waals surface area contributed by atoms with Crippen LogP contribution in [0, 0.1) is 5.92 Å². The van der Waals surface area contributed by atoms with Crippen LogP contribution >= 0.6 is 0 Å². The lowest BCUT2D eigenvalue weighted by molar-refractivity contribution is 0.0223. The van der Waals surface area contributed by atoms with E-state index in [0.717, 1.165) is 70.6 Å². The molecule has 1 aromatic heterocycles. The summed E-state index contributed by atoms with van der Waals surface area (Å²) in [6, 6.07) is 3.95. The normalized spacial score (nSPS) is 24.2. The standard InChI is InChI=1S/C20H33N3O3/c1-2-24-16-17-9-11-23(15-17)20(21-10-8-18-7-5-13-25-18)22-14-19-6-3-4-12-26-19/h5,7,13,17,19H,2-4,6,8-12,14-16H2,1H3,(H,21,22). The highest BCUT2D eigenvalue weighted by Gasteiger charge is 2.25. The Balaban J connectivity index is 1.53. The third-order valence-corrected chi connectivity index (χ3v) is 5.10. The number of guanidine groups is 1. The molecule has 0 bridgehead atoms. The molecule has 3 rings (SSSR count). The molecular weight excluding hydrogens is 330 g/mol.